The van der Waals surface area contributed by atoms with Crippen LogP contribution in [0.2, 0.25) is 0 Å². The second-order valence-electron chi connectivity index (χ2n) is 6.63. The molecule has 0 saturated carbocycles. The minimum absolute atomic E-state index is 0.00118. The maximum absolute atomic E-state index is 12.0. The van der Waals surface area contributed by atoms with Gasteiger partial charge in [-0.05, 0) is 57.3 Å². The molecule has 1 aromatic rings. The number of nitrogens with zero attached hydrogens (tertiary/aromatic N) is 2. The summed E-state index contributed by atoms with van der Waals surface area (Å²) in [5, 5.41) is 2.96. The van der Waals surface area contributed by atoms with Gasteiger partial charge in [0.2, 0.25) is 0 Å². The Balaban J connectivity index is 1.58. The maximum atomic E-state index is 12.0. The van der Waals surface area contributed by atoms with Crippen molar-refractivity contribution in [3.8, 4) is 5.75 Å². The SMILES string of the molecule is Cc1cccc(C)c1OCCCNC(=O)N(C)CCN1CCCC1. The fourth-order valence-corrected chi connectivity index (χ4v) is 3.00. The van der Waals surface area contributed by atoms with Crippen molar-refractivity contribution in [3.63, 3.8) is 0 Å². The normalized spacial score (nSPS) is 14.6. The predicted molar refractivity (Wildman–Crippen MR) is 97.7 cm³/mol. The number of benzene rings is 1. The molecular formula is C19H31N3O2. The number of hydrogen-bond donors (Lipinski definition) is 1. The third-order valence-corrected chi connectivity index (χ3v) is 4.55. The van der Waals surface area contributed by atoms with Crippen LogP contribution in [0.5, 0.6) is 5.75 Å². The fraction of sp³-hybridized carbons (Fsp3) is 0.632. The van der Waals surface area contributed by atoms with E-state index in [0.29, 0.717) is 13.2 Å². The van der Waals surface area contributed by atoms with E-state index in [-0.39, 0.29) is 6.03 Å². The van der Waals surface area contributed by atoms with E-state index in [1.165, 1.54) is 25.9 Å². The molecule has 0 spiro atoms. The summed E-state index contributed by atoms with van der Waals surface area (Å²) in [5.74, 6) is 0.964. The molecule has 0 atom stereocenters. The molecule has 24 heavy (non-hydrogen) atoms. The zero-order valence-corrected chi connectivity index (χ0v) is 15.3. The minimum atomic E-state index is 0.00118. The topological polar surface area (TPSA) is 44.8 Å². The van der Waals surface area contributed by atoms with Gasteiger partial charge in [0, 0.05) is 26.7 Å². The van der Waals surface area contributed by atoms with Crippen molar-refractivity contribution in [3.05, 3.63) is 29.3 Å². The van der Waals surface area contributed by atoms with E-state index < -0.39 is 0 Å². The number of likely N-dealkylation sites (tertiary alicyclic amines) is 1. The van der Waals surface area contributed by atoms with Crippen LogP contribution in [0.4, 0.5) is 4.79 Å². The first-order valence-electron chi connectivity index (χ1n) is 8.98. The molecule has 0 unspecified atom stereocenters. The Bertz CT molecular complexity index is 507. The van der Waals surface area contributed by atoms with Crippen LogP contribution in [0.3, 0.4) is 0 Å². The molecule has 5 nitrogen and oxygen atoms in total. The van der Waals surface area contributed by atoms with Crippen molar-refractivity contribution in [2.24, 2.45) is 0 Å². The number of rotatable bonds is 8. The summed E-state index contributed by atoms with van der Waals surface area (Å²) in [5.41, 5.74) is 2.31. The lowest BCUT2D eigenvalue weighted by molar-refractivity contribution is 0.199. The molecule has 1 fully saturated rings. The second-order valence-corrected chi connectivity index (χ2v) is 6.63. The van der Waals surface area contributed by atoms with Crippen molar-refractivity contribution in [1.82, 2.24) is 15.1 Å². The predicted octanol–water partition coefficient (Wildman–Crippen LogP) is 2.81. The smallest absolute Gasteiger partial charge is 0.317 e. The van der Waals surface area contributed by atoms with Crippen molar-refractivity contribution in [2.75, 3.05) is 46.4 Å². The highest BCUT2D eigenvalue weighted by atomic mass is 16.5. The number of hydrogen-bond acceptors (Lipinski definition) is 3. The summed E-state index contributed by atoms with van der Waals surface area (Å²) in [7, 11) is 1.86. The second kappa shape index (κ2) is 9.52. The van der Waals surface area contributed by atoms with Gasteiger partial charge in [0.15, 0.2) is 0 Å². The average molecular weight is 333 g/mol. The summed E-state index contributed by atoms with van der Waals surface area (Å²) in [6.45, 7) is 9.46. The number of carbonyl (C=O) groups is 1. The molecule has 1 aliphatic heterocycles. The van der Waals surface area contributed by atoms with Gasteiger partial charge in [-0.25, -0.2) is 4.79 Å². The lowest BCUT2D eigenvalue weighted by Crippen LogP contribution is -2.41. The van der Waals surface area contributed by atoms with Crippen LogP contribution in [0.1, 0.15) is 30.4 Å². The zero-order valence-electron chi connectivity index (χ0n) is 15.3. The highest BCUT2D eigenvalue weighted by Crippen LogP contribution is 2.22. The quantitative estimate of drug-likeness (QED) is 0.744. The first-order chi connectivity index (χ1) is 11.6. The Labute approximate surface area is 146 Å². The lowest BCUT2D eigenvalue weighted by atomic mass is 10.1. The number of likely N-dealkylation sites (N-methyl/N-ethyl adjacent to an activating group) is 1. The molecule has 0 radical (unpaired) electrons. The molecular weight excluding hydrogens is 302 g/mol. The van der Waals surface area contributed by atoms with Crippen LogP contribution in [-0.2, 0) is 0 Å². The number of aryl methyl sites for hydroxylation is 2. The molecule has 0 bridgehead atoms. The van der Waals surface area contributed by atoms with Gasteiger partial charge < -0.3 is 19.9 Å². The van der Waals surface area contributed by atoms with Crippen molar-refractivity contribution < 1.29 is 9.53 Å². The van der Waals surface area contributed by atoms with Crippen molar-refractivity contribution in [1.29, 1.82) is 0 Å². The van der Waals surface area contributed by atoms with E-state index in [2.05, 4.69) is 36.2 Å². The number of urea groups is 1. The Morgan fingerprint density at radius 1 is 1.25 bits per heavy atom. The van der Waals surface area contributed by atoms with E-state index in [0.717, 1.165) is 36.4 Å². The molecule has 1 N–H and O–H groups in total. The molecule has 1 saturated heterocycles. The first kappa shape index (κ1) is 18.6. The van der Waals surface area contributed by atoms with E-state index in [1.54, 1.807) is 4.90 Å². The van der Waals surface area contributed by atoms with Gasteiger partial charge in [0.1, 0.15) is 5.75 Å². The minimum Gasteiger partial charge on any atom is -0.493 e. The Kier molecular flexibility index (Phi) is 7.37. The number of ether oxygens (including phenoxy) is 1. The molecule has 0 aromatic heterocycles. The van der Waals surface area contributed by atoms with Gasteiger partial charge in [-0.1, -0.05) is 18.2 Å². The summed E-state index contributed by atoms with van der Waals surface area (Å²) in [6, 6.07) is 6.15. The summed E-state index contributed by atoms with van der Waals surface area (Å²) in [6.07, 6.45) is 3.38. The van der Waals surface area contributed by atoms with Crippen LogP contribution in [0, 0.1) is 13.8 Å². The average Bonchev–Trinajstić information content (AvgIpc) is 3.08. The van der Waals surface area contributed by atoms with Crippen LogP contribution in [0.15, 0.2) is 18.2 Å². The number of nitrogens with one attached hydrogen (secondary N) is 1. The van der Waals surface area contributed by atoms with E-state index in [9.17, 15) is 4.79 Å². The Morgan fingerprint density at radius 2 is 1.92 bits per heavy atom. The molecule has 2 amide bonds. The molecule has 1 aliphatic rings. The third-order valence-electron chi connectivity index (χ3n) is 4.55. The highest BCUT2D eigenvalue weighted by Gasteiger charge is 2.13. The van der Waals surface area contributed by atoms with Gasteiger partial charge >= 0.3 is 6.03 Å². The van der Waals surface area contributed by atoms with Gasteiger partial charge in [-0.3, -0.25) is 0 Å². The third kappa shape index (κ3) is 5.71. The standard InChI is InChI=1S/C19H31N3O2/c1-16-8-6-9-17(2)18(16)24-15-7-10-20-19(23)21(3)13-14-22-11-4-5-12-22/h6,8-9H,4-5,7,10-15H2,1-3H3,(H,20,23). The van der Waals surface area contributed by atoms with E-state index in [4.69, 9.17) is 4.74 Å². The largest absolute Gasteiger partial charge is 0.493 e. The van der Waals surface area contributed by atoms with Crippen molar-refractivity contribution in [2.45, 2.75) is 33.1 Å². The monoisotopic (exact) mass is 333 g/mol. The Morgan fingerprint density at radius 3 is 2.58 bits per heavy atom. The van der Waals surface area contributed by atoms with Gasteiger partial charge in [0.05, 0.1) is 6.61 Å². The van der Waals surface area contributed by atoms with E-state index in [1.807, 2.05) is 13.1 Å². The summed E-state index contributed by atoms with van der Waals surface area (Å²) < 4.78 is 5.85. The Hall–Kier alpha value is -1.75. The van der Waals surface area contributed by atoms with Gasteiger partial charge in [-0.15, -0.1) is 0 Å². The van der Waals surface area contributed by atoms with Crippen molar-refractivity contribution >= 4 is 6.03 Å². The molecule has 0 aliphatic carbocycles. The number of para-hydroxylation sites is 1. The number of amides is 2. The van der Waals surface area contributed by atoms with Crippen LogP contribution >= 0.6 is 0 Å². The lowest BCUT2D eigenvalue weighted by Gasteiger charge is -2.22. The fourth-order valence-electron chi connectivity index (χ4n) is 3.00. The molecule has 5 heteroatoms. The molecule has 1 heterocycles. The number of carbonyl (C=O) groups excluding carboxylic acids is 1. The highest BCUT2D eigenvalue weighted by molar-refractivity contribution is 5.73. The van der Waals surface area contributed by atoms with Crippen LogP contribution in [0.25, 0.3) is 0 Å². The first-order valence-corrected chi connectivity index (χ1v) is 8.98. The van der Waals surface area contributed by atoms with Crippen LogP contribution in [-0.4, -0.2) is 62.2 Å². The molecule has 2 rings (SSSR count). The van der Waals surface area contributed by atoms with E-state index >= 15 is 0 Å². The summed E-state index contributed by atoms with van der Waals surface area (Å²) in [4.78, 5) is 16.2. The molecule has 1 aromatic carbocycles. The van der Waals surface area contributed by atoms with Crippen LogP contribution < -0.4 is 10.1 Å². The summed E-state index contributed by atoms with van der Waals surface area (Å²) >= 11 is 0. The molecule has 134 valence electrons. The zero-order chi connectivity index (χ0) is 17.4. The van der Waals surface area contributed by atoms with Gasteiger partial charge in [0.25, 0.3) is 0 Å². The van der Waals surface area contributed by atoms with Gasteiger partial charge in [-0.2, -0.15) is 0 Å². The maximum Gasteiger partial charge on any atom is 0.317 e.